The van der Waals surface area contributed by atoms with Crippen LogP contribution in [0.2, 0.25) is 5.02 Å². The van der Waals surface area contributed by atoms with Crippen LogP contribution in [-0.2, 0) is 9.53 Å². The zero-order chi connectivity index (χ0) is 19.4. The lowest BCUT2D eigenvalue weighted by atomic mass is 10.1. The van der Waals surface area contributed by atoms with Gasteiger partial charge in [-0.2, -0.15) is 0 Å². The van der Waals surface area contributed by atoms with Gasteiger partial charge in [-0.25, -0.2) is 9.78 Å². The molecule has 0 amide bonds. The average molecular weight is 389 g/mol. The number of aromatic amines is 1. The van der Waals surface area contributed by atoms with Crippen molar-refractivity contribution in [3.63, 3.8) is 0 Å². The SMILES string of the molecule is CCOC(=O)COc1c(Cl)cc(-c2nc3ccccc3c(=O)[nH]2)cc1OC. The Hall–Kier alpha value is -3.06. The van der Waals surface area contributed by atoms with Crippen LogP contribution >= 0.6 is 11.6 Å². The minimum Gasteiger partial charge on any atom is -0.493 e. The summed E-state index contributed by atoms with van der Waals surface area (Å²) in [6.07, 6.45) is 0. The number of esters is 1. The van der Waals surface area contributed by atoms with Crippen LogP contribution in [0.3, 0.4) is 0 Å². The highest BCUT2D eigenvalue weighted by molar-refractivity contribution is 6.32. The standard InChI is InChI=1S/C19H17ClN2O5/c1-3-26-16(23)10-27-17-13(20)8-11(9-15(17)25-2)18-21-14-7-5-4-6-12(14)19(24)22-18/h4-9H,3,10H2,1-2H3,(H,21,22,24). The van der Waals surface area contributed by atoms with Gasteiger partial charge in [0.1, 0.15) is 5.82 Å². The summed E-state index contributed by atoms with van der Waals surface area (Å²) in [4.78, 5) is 31.0. The lowest BCUT2D eigenvalue weighted by Gasteiger charge is -2.13. The number of carbonyl (C=O) groups is 1. The Bertz CT molecular complexity index is 1050. The van der Waals surface area contributed by atoms with Crippen LogP contribution in [0.25, 0.3) is 22.3 Å². The van der Waals surface area contributed by atoms with E-state index in [1.165, 1.54) is 7.11 Å². The summed E-state index contributed by atoms with van der Waals surface area (Å²) in [6, 6.07) is 10.2. The topological polar surface area (TPSA) is 90.5 Å². The minimum atomic E-state index is -0.514. The second-order valence-electron chi connectivity index (χ2n) is 5.51. The van der Waals surface area contributed by atoms with Gasteiger partial charge in [-0.15, -0.1) is 0 Å². The molecule has 0 atom stereocenters. The highest BCUT2D eigenvalue weighted by Gasteiger charge is 2.16. The summed E-state index contributed by atoms with van der Waals surface area (Å²) in [5.41, 5.74) is 0.852. The number of carbonyl (C=O) groups excluding carboxylic acids is 1. The summed E-state index contributed by atoms with van der Waals surface area (Å²) >= 11 is 6.30. The number of H-pyrrole nitrogens is 1. The number of ether oxygens (including phenoxy) is 3. The van der Waals surface area contributed by atoms with Crippen LogP contribution in [0.1, 0.15) is 6.92 Å². The summed E-state index contributed by atoms with van der Waals surface area (Å²) in [5.74, 6) is 0.341. The third-order valence-electron chi connectivity index (χ3n) is 3.76. The lowest BCUT2D eigenvalue weighted by molar-refractivity contribution is -0.145. The van der Waals surface area contributed by atoms with Crippen molar-refractivity contribution in [3.05, 3.63) is 51.8 Å². The predicted octanol–water partition coefficient (Wildman–Crippen LogP) is 3.19. The third-order valence-corrected chi connectivity index (χ3v) is 4.04. The number of methoxy groups -OCH3 is 1. The van der Waals surface area contributed by atoms with E-state index in [2.05, 4.69) is 9.97 Å². The first-order valence-corrected chi connectivity index (χ1v) is 8.56. The van der Waals surface area contributed by atoms with Gasteiger partial charge in [-0.3, -0.25) is 4.79 Å². The fourth-order valence-corrected chi connectivity index (χ4v) is 2.82. The first kappa shape index (κ1) is 18.7. The molecule has 27 heavy (non-hydrogen) atoms. The van der Waals surface area contributed by atoms with Gasteiger partial charge in [-0.05, 0) is 31.2 Å². The molecule has 0 aliphatic heterocycles. The zero-order valence-corrected chi connectivity index (χ0v) is 15.5. The molecule has 2 aromatic carbocycles. The fraction of sp³-hybridized carbons (Fsp3) is 0.211. The van der Waals surface area contributed by atoms with E-state index in [1.807, 2.05) is 0 Å². The predicted molar refractivity (Wildman–Crippen MR) is 101 cm³/mol. The molecule has 0 radical (unpaired) electrons. The summed E-state index contributed by atoms with van der Waals surface area (Å²) < 4.78 is 15.6. The maximum absolute atomic E-state index is 12.3. The van der Waals surface area contributed by atoms with E-state index >= 15 is 0 Å². The molecule has 0 aliphatic carbocycles. The van der Waals surface area contributed by atoms with E-state index in [0.29, 0.717) is 28.0 Å². The van der Waals surface area contributed by atoms with Crippen molar-refractivity contribution in [2.45, 2.75) is 6.92 Å². The molecule has 0 fully saturated rings. The van der Waals surface area contributed by atoms with Gasteiger partial charge in [0.2, 0.25) is 0 Å². The van der Waals surface area contributed by atoms with Crippen LogP contribution in [0, 0.1) is 0 Å². The monoisotopic (exact) mass is 388 g/mol. The quantitative estimate of drug-likeness (QED) is 0.652. The van der Waals surface area contributed by atoms with Crippen LogP contribution in [0.4, 0.5) is 0 Å². The molecule has 3 rings (SSSR count). The Morgan fingerprint density at radius 1 is 1.26 bits per heavy atom. The van der Waals surface area contributed by atoms with Crippen molar-refractivity contribution in [2.75, 3.05) is 20.3 Å². The molecule has 0 unspecified atom stereocenters. The van der Waals surface area contributed by atoms with E-state index < -0.39 is 5.97 Å². The number of benzene rings is 2. The molecular weight excluding hydrogens is 372 g/mol. The van der Waals surface area contributed by atoms with Crippen LogP contribution in [0.15, 0.2) is 41.2 Å². The number of fused-ring (bicyclic) bond motifs is 1. The maximum Gasteiger partial charge on any atom is 0.344 e. The summed E-state index contributed by atoms with van der Waals surface area (Å²) in [6.45, 7) is 1.67. The molecule has 1 N–H and O–H groups in total. The number of hydrogen-bond donors (Lipinski definition) is 1. The van der Waals surface area contributed by atoms with Crippen molar-refractivity contribution in [1.82, 2.24) is 9.97 Å². The maximum atomic E-state index is 12.3. The molecule has 0 aliphatic rings. The molecule has 0 bridgehead atoms. The number of para-hydroxylation sites is 1. The van der Waals surface area contributed by atoms with Crippen molar-refractivity contribution < 1.29 is 19.0 Å². The van der Waals surface area contributed by atoms with Crippen molar-refractivity contribution in [1.29, 1.82) is 0 Å². The van der Waals surface area contributed by atoms with E-state index in [0.717, 1.165) is 0 Å². The molecular formula is C19H17ClN2O5. The van der Waals surface area contributed by atoms with Crippen LogP contribution < -0.4 is 15.0 Å². The number of aromatic nitrogens is 2. The highest BCUT2D eigenvalue weighted by atomic mass is 35.5. The highest BCUT2D eigenvalue weighted by Crippen LogP contribution is 2.38. The second kappa shape index (κ2) is 8.09. The average Bonchev–Trinajstić information content (AvgIpc) is 2.66. The Kier molecular flexibility index (Phi) is 5.61. The van der Waals surface area contributed by atoms with Crippen LogP contribution in [-0.4, -0.2) is 36.3 Å². The van der Waals surface area contributed by atoms with E-state index in [-0.39, 0.29) is 29.5 Å². The van der Waals surface area contributed by atoms with Gasteiger partial charge in [0, 0.05) is 5.56 Å². The Balaban J connectivity index is 1.99. The van der Waals surface area contributed by atoms with E-state index in [1.54, 1.807) is 43.3 Å². The minimum absolute atomic E-state index is 0.208. The molecule has 0 saturated heterocycles. The second-order valence-corrected chi connectivity index (χ2v) is 5.92. The molecule has 0 saturated carbocycles. The van der Waals surface area contributed by atoms with Gasteiger partial charge in [0.05, 0.1) is 29.6 Å². The Labute approximate surface area is 159 Å². The van der Waals surface area contributed by atoms with Crippen LogP contribution in [0.5, 0.6) is 11.5 Å². The molecule has 8 heteroatoms. The Morgan fingerprint density at radius 3 is 2.78 bits per heavy atom. The van der Waals surface area contributed by atoms with Gasteiger partial charge in [-0.1, -0.05) is 23.7 Å². The van der Waals surface area contributed by atoms with E-state index in [4.69, 9.17) is 25.8 Å². The fourth-order valence-electron chi connectivity index (χ4n) is 2.55. The smallest absolute Gasteiger partial charge is 0.344 e. The Morgan fingerprint density at radius 2 is 2.04 bits per heavy atom. The van der Waals surface area contributed by atoms with Gasteiger partial charge in [0.15, 0.2) is 18.1 Å². The van der Waals surface area contributed by atoms with Gasteiger partial charge in [0.25, 0.3) is 5.56 Å². The van der Waals surface area contributed by atoms with Gasteiger partial charge < -0.3 is 19.2 Å². The number of halogens is 1. The van der Waals surface area contributed by atoms with Gasteiger partial charge >= 0.3 is 5.97 Å². The molecule has 140 valence electrons. The molecule has 0 spiro atoms. The number of rotatable bonds is 6. The largest absolute Gasteiger partial charge is 0.493 e. The van der Waals surface area contributed by atoms with Crippen molar-refractivity contribution in [2.24, 2.45) is 0 Å². The number of nitrogens with zero attached hydrogens (tertiary/aromatic N) is 1. The number of hydrogen-bond acceptors (Lipinski definition) is 6. The number of nitrogens with one attached hydrogen (secondary N) is 1. The normalized spacial score (nSPS) is 10.6. The lowest BCUT2D eigenvalue weighted by Crippen LogP contribution is -2.15. The summed E-state index contributed by atoms with van der Waals surface area (Å²) in [7, 11) is 1.45. The first-order chi connectivity index (χ1) is 13.0. The zero-order valence-electron chi connectivity index (χ0n) is 14.7. The summed E-state index contributed by atoms with van der Waals surface area (Å²) in [5, 5.41) is 0.707. The first-order valence-electron chi connectivity index (χ1n) is 8.19. The molecule has 1 aromatic heterocycles. The van der Waals surface area contributed by atoms with E-state index in [9.17, 15) is 9.59 Å². The van der Waals surface area contributed by atoms with Crippen molar-refractivity contribution in [3.8, 4) is 22.9 Å². The third kappa shape index (κ3) is 4.03. The molecule has 7 nitrogen and oxygen atoms in total. The molecule has 1 heterocycles. The molecule has 3 aromatic rings. The van der Waals surface area contributed by atoms with Crippen molar-refractivity contribution >= 4 is 28.5 Å².